The summed E-state index contributed by atoms with van der Waals surface area (Å²) in [6, 6.07) is 7.07. The zero-order valence-corrected chi connectivity index (χ0v) is 11.0. The molecule has 0 saturated carbocycles. The Morgan fingerprint density at radius 2 is 2.26 bits per heavy atom. The van der Waals surface area contributed by atoms with E-state index in [1.165, 1.54) is 6.20 Å². The Morgan fingerprint density at radius 1 is 1.47 bits per heavy atom. The normalized spacial score (nSPS) is 10.2. The van der Waals surface area contributed by atoms with Crippen LogP contribution in [0, 0.1) is 0 Å². The van der Waals surface area contributed by atoms with Gasteiger partial charge in [0.2, 0.25) is 0 Å². The van der Waals surface area contributed by atoms with E-state index in [1.54, 1.807) is 25.1 Å². The molecule has 0 unspecified atom stereocenters. The summed E-state index contributed by atoms with van der Waals surface area (Å²) in [7, 11) is 0. The molecule has 0 saturated heterocycles. The number of aromatic nitrogens is 2. The molecule has 1 aromatic carbocycles. The van der Waals surface area contributed by atoms with E-state index in [2.05, 4.69) is 9.97 Å². The summed E-state index contributed by atoms with van der Waals surface area (Å²) in [5.74, 6) is -0.0332. The number of halogens is 1. The fourth-order valence-corrected chi connectivity index (χ4v) is 1.72. The van der Waals surface area contributed by atoms with Gasteiger partial charge in [0.25, 0.3) is 0 Å². The Kier molecular flexibility index (Phi) is 3.97. The number of ether oxygens (including phenoxy) is 1. The highest BCUT2D eigenvalue weighted by atomic mass is 35.5. The van der Waals surface area contributed by atoms with Crippen molar-refractivity contribution in [2.75, 3.05) is 12.3 Å². The van der Waals surface area contributed by atoms with Crippen molar-refractivity contribution in [3.8, 4) is 11.4 Å². The molecule has 2 rings (SSSR count). The molecule has 0 radical (unpaired) electrons. The van der Waals surface area contributed by atoms with Crippen molar-refractivity contribution in [3.05, 3.63) is 41.0 Å². The van der Waals surface area contributed by atoms with Crippen LogP contribution >= 0.6 is 11.6 Å². The lowest BCUT2D eigenvalue weighted by atomic mass is 10.2. The SMILES string of the molecule is CCOC(=O)c1cnc(-c2cccc(Cl)c2)nc1N. The van der Waals surface area contributed by atoms with Gasteiger partial charge in [0.15, 0.2) is 5.82 Å². The summed E-state index contributed by atoms with van der Waals surface area (Å²) in [6.45, 7) is 1.99. The van der Waals surface area contributed by atoms with Gasteiger partial charge in [-0.25, -0.2) is 14.8 Å². The predicted molar refractivity (Wildman–Crippen MR) is 72.8 cm³/mol. The third-order valence-electron chi connectivity index (χ3n) is 2.40. The van der Waals surface area contributed by atoms with E-state index in [4.69, 9.17) is 22.1 Å². The maximum atomic E-state index is 11.6. The van der Waals surface area contributed by atoms with Crippen LogP contribution in [0.5, 0.6) is 0 Å². The van der Waals surface area contributed by atoms with Gasteiger partial charge in [0.1, 0.15) is 11.4 Å². The van der Waals surface area contributed by atoms with Gasteiger partial charge in [-0.2, -0.15) is 0 Å². The maximum Gasteiger partial charge on any atom is 0.343 e. The van der Waals surface area contributed by atoms with Gasteiger partial charge in [-0.3, -0.25) is 0 Å². The van der Waals surface area contributed by atoms with E-state index >= 15 is 0 Å². The summed E-state index contributed by atoms with van der Waals surface area (Å²) >= 11 is 5.90. The van der Waals surface area contributed by atoms with E-state index in [-0.39, 0.29) is 18.0 Å². The average molecular weight is 278 g/mol. The van der Waals surface area contributed by atoms with Gasteiger partial charge >= 0.3 is 5.97 Å². The minimum atomic E-state index is -0.530. The van der Waals surface area contributed by atoms with E-state index in [0.717, 1.165) is 5.56 Å². The second-order valence-corrected chi connectivity index (χ2v) is 4.16. The van der Waals surface area contributed by atoms with E-state index in [0.29, 0.717) is 10.8 Å². The monoisotopic (exact) mass is 277 g/mol. The predicted octanol–water partition coefficient (Wildman–Crippen LogP) is 2.56. The van der Waals surface area contributed by atoms with Crippen molar-refractivity contribution in [3.63, 3.8) is 0 Å². The number of anilines is 1. The molecule has 0 aliphatic rings. The first kappa shape index (κ1) is 13.3. The Bertz CT molecular complexity index is 617. The van der Waals surface area contributed by atoms with Crippen molar-refractivity contribution in [1.82, 2.24) is 9.97 Å². The highest BCUT2D eigenvalue weighted by Crippen LogP contribution is 2.21. The smallest absolute Gasteiger partial charge is 0.343 e. The first-order valence-electron chi connectivity index (χ1n) is 5.67. The Labute approximate surface area is 115 Å². The lowest BCUT2D eigenvalue weighted by molar-refractivity contribution is 0.0527. The third-order valence-corrected chi connectivity index (χ3v) is 2.63. The van der Waals surface area contributed by atoms with Crippen LogP contribution in [0.1, 0.15) is 17.3 Å². The fraction of sp³-hybridized carbons (Fsp3) is 0.154. The summed E-state index contributed by atoms with van der Waals surface area (Å²) in [5, 5.41) is 0.578. The molecule has 5 nitrogen and oxygen atoms in total. The molecule has 0 fully saturated rings. The summed E-state index contributed by atoms with van der Waals surface area (Å²) in [6.07, 6.45) is 1.36. The molecule has 98 valence electrons. The van der Waals surface area contributed by atoms with Gasteiger partial charge in [-0.05, 0) is 19.1 Å². The highest BCUT2D eigenvalue weighted by molar-refractivity contribution is 6.30. The molecule has 0 bridgehead atoms. The summed E-state index contributed by atoms with van der Waals surface area (Å²) in [4.78, 5) is 19.8. The number of hydrogen-bond acceptors (Lipinski definition) is 5. The standard InChI is InChI=1S/C13H12ClN3O2/c1-2-19-13(18)10-7-16-12(17-11(10)15)8-4-3-5-9(14)6-8/h3-7H,2H2,1H3,(H2,15,16,17). The van der Waals surface area contributed by atoms with Crippen molar-refractivity contribution in [1.29, 1.82) is 0 Å². The molecule has 2 aromatic rings. The van der Waals surface area contributed by atoms with E-state index in [9.17, 15) is 4.79 Å². The molecule has 19 heavy (non-hydrogen) atoms. The number of nitrogen functional groups attached to an aromatic ring is 1. The number of nitrogens with zero attached hydrogens (tertiary/aromatic N) is 2. The molecule has 0 aliphatic carbocycles. The van der Waals surface area contributed by atoms with Crippen LogP contribution in [-0.4, -0.2) is 22.5 Å². The number of nitrogens with two attached hydrogens (primary N) is 1. The zero-order chi connectivity index (χ0) is 13.8. The number of carbonyl (C=O) groups is 1. The van der Waals surface area contributed by atoms with Gasteiger partial charge < -0.3 is 10.5 Å². The van der Waals surface area contributed by atoms with Gasteiger partial charge in [0.05, 0.1) is 6.61 Å². The molecular weight excluding hydrogens is 266 g/mol. The number of hydrogen-bond donors (Lipinski definition) is 1. The molecule has 0 atom stereocenters. The van der Waals surface area contributed by atoms with Crippen LogP contribution in [0.25, 0.3) is 11.4 Å². The Balaban J connectivity index is 2.36. The number of rotatable bonds is 3. The zero-order valence-electron chi connectivity index (χ0n) is 10.3. The summed E-state index contributed by atoms with van der Waals surface area (Å²) in [5.41, 5.74) is 6.63. The minimum Gasteiger partial charge on any atom is -0.462 e. The quantitative estimate of drug-likeness (QED) is 0.872. The van der Waals surface area contributed by atoms with Crippen molar-refractivity contribution < 1.29 is 9.53 Å². The van der Waals surface area contributed by atoms with E-state index < -0.39 is 5.97 Å². The molecule has 1 aromatic heterocycles. The Hall–Kier alpha value is -2.14. The van der Waals surface area contributed by atoms with Crippen LogP contribution in [-0.2, 0) is 4.74 Å². The molecular formula is C13H12ClN3O2. The first-order chi connectivity index (χ1) is 9.11. The van der Waals surface area contributed by atoms with Crippen LogP contribution in [0.2, 0.25) is 5.02 Å². The molecule has 0 aliphatic heterocycles. The summed E-state index contributed by atoms with van der Waals surface area (Å²) < 4.78 is 4.85. The van der Waals surface area contributed by atoms with Crippen LogP contribution in [0.3, 0.4) is 0 Å². The number of benzene rings is 1. The number of carbonyl (C=O) groups excluding carboxylic acids is 1. The lowest BCUT2D eigenvalue weighted by Crippen LogP contribution is -2.10. The van der Waals surface area contributed by atoms with Crippen LogP contribution < -0.4 is 5.73 Å². The molecule has 0 spiro atoms. The van der Waals surface area contributed by atoms with Crippen molar-refractivity contribution in [2.45, 2.75) is 6.92 Å². The average Bonchev–Trinajstić information content (AvgIpc) is 2.38. The molecule has 2 N–H and O–H groups in total. The van der Waals surface area contributed by atoms with Crippen molar-refractivity contribution >= 4 is 23.4 Å². The van der Waals surface area contributed by atoms with Gasteiger partial charge in [-0.1, -0.05) is 23.7 Å². The first-order valence-corrected chi connectivity index (χ1v) is 6.05. The van der Waals surface area contributed by atoms with Crippen LogP contribution in [0.15, 0.2) is 30.5 Å². The van der Waals surface area contributed by atoms with Crippen LogP contribution in [0.4, 0.5) is 5.82 Å². The number of esters is 1. The fourth-order valence-electron chi connectivity index (χ4n) is 1.53. The lowest BCUT2D eigenvalue weighted by Gasteiger charge is -2.06. The third kappa shape index (κ3) is 3.00. The highest BCUT2D eigenvalue weighted by Gasteiger charge is 2.14. The van der Waals surface area contributed by atoms with Crippen molar-refractivity contribution in [2.24, 2.45) is 0 Å². The van der Waals surface area contributed by atoms with E-state index in [1.807, 2.05) is 6.07 Å². The molecule has 1 heterocycles. The topological polar surface area (TPSA) is 78.1 Å². The Morgan fingerprint density at radius 3 is 2.89 bits per heavy atom. The largest absolute Gasteiger partial charge is 0.462 e. The molecule has 6 heteroatoms. The molecule has 0 amide bonds. The minimum absolute atomic E-state index is 0.0865. The second kappa shape index (κ2) is 5.67. The maximum absolute atomic E-state index is 11.6. The van der Waals surface area contributed by atoms with Gasteiger partial charge in [-0.15, -0.1) is 0 Å². The van der Waals surface area contributed by atoms with Gasteiger partial charge in [0, 0.05) is 16.8 Å². The second-order valence-electron chi connectivity index (χ2n) is 3.72.